The average molecular weight is 307 g/mol. The number of nitrogens with one attached hydrogen (secondary N) is 1. The van der Waals surface area contributed by atoms with Gasteiger partial charge >= 0.3 is 6.16 Å². The molecule has 0 unspecified atom stereocenters. The second kappa shape index (κ2) is 5.10. The Kier molecular flexibility index (Phi) is 3.29. The van der Waals surface area contributed by atoms with Crippen molar-refractivity contribution in [3.8, 4) is 10.4 Å². The molecule has 0 aliphatic carbocycles. The molecule has 2 heterocycles. The van der Waals surface area contributed by atoms with Gasteiger partial charge in [-0.05, 0) is 23.6 Å². The lowest BCUT2D eigenvalue weighted by molar-refractivity contribution is 0.115. The summed E-state index contributed by atoms with van der Waals surface area (Å²) in [6.07, 6.45) is -1.47. The minimum Gasteiger partial charge on any atom is -0.502 e. The zero-order valence-electron chi connectivity index (χ0n) is 9.99. The Morgan fingerprint density at radius 1 is 1.25 bits per heavy atom. The predicted octanol–water partition coefficient (Wildman–Crippen LogP) is 3.90. The lowest BCUT2D eigenvalue weighted by atomic mass is 10.2. The van der Waals surface area contributed by atoms with E-state index in [0.29, 0.717) is 4.88 Å². The number of fused-ring (bicyclic) bond motifs is 1. The molecule has 0 atom stereocenters. The highest BCUT2D eigenvalue weighted by atomic mass is 32.2. The third-order valence-corrected chi connectivity index (χ3v) is 4.78. The Labute approximate surface area is 122 Å². The maximum Gasteiger partial charge on any atom is 0.512 e. The number of rotatable bonds is 2. The smallest absolute Gasteiger partial charge is 0.502 e. The van der Waals surface area contributed by atoms with Crippen LogP contribution in [-0.2, 0) is 4.74 Å². The fourth-order valence-corrected chi connectivity index (χ4v) is 3.80. The molecule has 7 heteroatoms. The van der Waals surface area contributed by atoms with E-state index >= 15 is 0 Å². The molecule has 0 amide bonds. The van der Waals surface area contributed by atoms with Gasteiger partial charge in [-0.1, -0.05) is 30.3 Å². The van der Waals surface area contributed by atoms with Gasteiger partial charge in [-0.3, -0.25) is 4.72 Å². The number of benzene rings is 1. The molecule has 0 bridgehead atoms. The second-order valence-electron chi connectivity index (χ2n) is 3.92. The van der Waals surface area contributed by atoms with Crippen LogP contribution >= 0.6 is 23.3 Å². The quantitative estimate of drug-likeness (QED) is 0.577. The van der Waals surface area contributed by atoms with Crippen LogP contribution in [0.3, 0.4) is 0 Å². The van der Waals surface area contributed by atoms with E-state index in [4.69, 9.17) is 5.11 Å². The summed E-state index contributed by atoms with van der Waals surface area (Å²) in [7, 11) is 0. The first-order valence-corrected chi connectivity index (χ1v) is 7.25. The van der Waals surface area contributed by atoms with Crippen LogP contribution in [0.4, 0.5) is 4.79 Å². The van der Waals surface area contributed by atoms with Crippen LogP contribution in [0.25, 0.3) is 16.2 Å². The largest absolute Gasteiger partial charge is 0.512 e. The second-order valence-corrected chi connectivity index (χ2v) is 5.82. The van der Waals surface area contributed by atoms with Crippen LogP contribution in [0.15, 0.2) is 47.2 Å². The van der Waals surface area contributed by atoms with Crippen molar-refractivity contribution in [1.82, 2.24) is 4.72 Å². The van der Waals surface area contributed by atoms with E-state index in [1.807, 2.05) is 36.4 Å². The molecule has 0 spiro atoms. The van der Waals surface area contributed by atoms with Crippen LogP contribution in [0.1, 0.15) is 4.88 Å². The van der Waals surface area contributed by atoms with E-state index in [1.165, 1.54) is 23.3 Å². The van der Waals surface area contributed by atoms with Gasteiger partial charge < -0.3 is 14.9 Å². The molecule has 1 aliphatic heterocycles. The summed E-state index contributed by atoms with van der Waals surface area (Å²) in [5.41, 5.74) is 1.04. The monoisotopic (exact) mass is 307 g/mol. The Hall–Kier alpha value is -2.12. The van der Waals surface area contributed by atoms with E-state index in [9.17, 15) is 9.90 Å². The van der Waals surface area contributed by atoms with Crippen molar-refractivity contribution in [2.45, 2.75) is 4.90 Å². The summed E-state index contributed by atoms with van der Waals surface area (Å²) < 4.78 is 7.17. The first-order valence-electron chi connectivity index (χ1n) is 5.61. The molecular formula is C13H9NO4S2. The first-order chi connectivity index (χ1) is 9.65. The molecule has 0 fully saturated rings. The van der Waals surface area contributed by atoms with Crippen LogP contribution in [0, 0.1) is 0 Å². The fraction of sp³-hybridized carbons (Fsp3) is 0. The third-order valence-electron chi connectivity index (χ3n) is 2.63. The van der Waals surface area contributed by atoms with Crippen molar-refractivity contribution in [2.24, 2.45) is 0 Å². The van der Waals surface area contributed by atoms with E-state index in [0.717, 1.165) is 15.3 Å². The van der Waals surface area contributed by atoms with Gasteiger partial charge in [0.05, 0.1) is 9.77 Å². The molecule has 1 aliphatic rings. The Balaban J connectivity index is 2.00. The average Bonchev–Trinajstić information content (AvgIpc) is 2.87. The minimum atomic E-state index is -1.47. The van der Waals surface area contributed by atoms with Crippen molar-refractivity contribution >= 4 is 35.2 Å². The van der Waals surface area contributed by atoms with Crippen LogP contribution < -0.4 is 4.72 Å². The molecule has 5 nitrogen and oxygen atoms in total. The van der Waals surface area contributed by atoms with Crippen LogP contribution in [0.5, 0.6) is 0 Å². The fourth-order valence-electron chi connectivity index (χ4n) is 1.77. The Morgan fingerprint density at radius 3 is 2.70 bits per heavy atom. The Bertz CT molecular complexity index is 694. The number of carbonyl (C=O) groups is 1. The topological polar surface area (TPSA) is 78.8 Å². The molecule has 20 heavy (non-hydrogen) atoms. The summed E-state index contributed by atoms with van der Waals surface area (Å²) in [5.74, 6) is -0.343. The predicted molar refractivity (Wildman–Crippen MR) is 77.4 cm³/mol. The number of aliphatic hydroxyl groups is 1. The van der Waals surface area contributed by atoms with Crippen LogP contribution in [0.2, 0.25) is 0 Å². The van der Waals surface area contributed by atoms with Crippen molar-refractivity contribution < 1.29 is 19.7 Å². The van der Waals surface area contributed by atoms with Gasteiger partial charge in [0, 0.05) is 4.88 Å². The number of ether oxygens (including phenoxy) is 1. The van der Waals surface area contributed by atoms with Gasteiger partial charge in [-0.15, -0.1) is 11.3 Å². The van der Waals surface area contributed by atoms with Crippen LogP contribution in [-0.4, -0.2) is 16.4 Å². The number of carboxylic acid groups (broad SMARTS) is 1. The highest BCUT2D eigenvalue weighted by Crippen LogP contribution is 2.42. The van der Waals surface area contributed by atoms with Gasteiger partial charge in [0.2, 0.25) is 0 Å². The lowest BCUT2D eigenvalue weighted by Gasteiger charge is -2.15. The summed E-state index contributed by atoms with van der Waals surface area (Å²) in [5, 5.41) is 18.7. The minimum absolute atomic E-state index is 0.156. The Morgan fingerprint density at radius 2 is 2.00 bits per heavy atom. The van der Waals surface area contributed by atoms with Crippen molar-refractivity contribution in [2.75, 3.05) is 0 Å². The first kappa shape index (κ1) is 12.9. The van der Waals surface area contributed by atoms with E-state index in [-0.39, 0.29) is 11.6 Å². The molecule has 3 rings (SSSR count). The number of thiophene rings is 1. The van der Waals surface area contributed by atoms with Crippen molar-refractivity contribution in [1.29, 1.82) is 0 Å². The summed E-state index contributed by atoms with van der Waals surface area (Å²) >= 11 is 2.60. The maximum atomic E-state index is 10.5. The molecule has 3 N–H and O–H groups in total. The van der Waals surface area contributed by atoms with Gasteiger partial charge in [0.15, 0.2) is 5.76 Å². The standard InChI is InChI=1S/C13H9NO4S2/c15-10-11-9(20-14-12(10)18-13(16)17)6-8(19-11)7-4-2-1-3-5-7/h1-6,14-15H,(H,16,17). The zero-order valence-corrected chi connectivity index (χ0v) is 11.6. The highest BCUT2D eigenvalue weighted by molar-refractivity contribution is 7.97. The van der Waals surface area contributed by atoms with Crippen molar-refractivity contribution in [3.63, 3.8) is 0 Å². The van der Waals surface area contributed by atoms with Crippen molar-refractivity contribution in [3.05, 3.63) is 47.2 Å². The van der Waals surface area contributed by atoms with E-state index < -0.39 is 6.16 Å². The van der Waals surface area contributed by atoms with Gasteiger partial charge in [0.25, 0.3) is 5.88 Å². The highest BCUT2D eigenvalue weighted by Gasteiger charge is 2.25. The zero-order chi connectivity index (χ0) is 14.1. The molecule has 0 saturated carbocycles. The molecule has 0 saturated heterocycles. The summed E-state index contributed by atoms with van der Waals surface area (Å²) in [6, 6.07) is 11.7. The van der Waals surface area contributed by atoms with Gasteiger partial charge in [-0.2, -0.15) is 0 Å². The molecule has 102 valence electrons. The molecular weight excluding hydrogens is 298 g/mol. The molecule has 2 aromatic rings. The number of hydrogen-bond donors (Lipinski definition) is 3. The number of hydrogen-bond acceptors (Lipinski definition) is 6. The molecule has 0 radical (unpaired) electrons. The lowest BCUT2D eigenvalue weighted by Crippen LogP contribution is -2.16. The van der Waals surface area contributed by atoms with E-state index in [2.05, 4.69) is 9.46 Å². The van der Waals surface area contributed by atoms with Gasteiger partial charge in [0.1, 0.15) is 0 Å². The maximum absolute atomic E-state index is 10.5. The summed E-state index contributed by atoms with van der Waals surface area (Å²) in [4.78, 5) is 13.0. The number of aliphatic hydroxyl groups excluding tert-OH is 1. The SMILES string of the molecule is O=C(O)OC1=C(O)c2sc(-c3ccccc3)cc2SN1. The molecule has 1 aromatic heterocycles. The molecule has 1 aromatic carbocycles. The van der Waals surface area contributed by atoms with E-state index in [1.54, 1.807) is 0 Å². The van der Waals surface area contributed by atoms with Gasteiger partial charge in [-0.25, -0.2) is 4.79 Å². The summed E-state index contributed by atoms with van der Waals surface area (Å²) in [6.45, 7) is 0. The third kappa shape index (κ3) is 2.33. The normalized spacial score (nSPS) is 13.6.